The zero-order valence-electron chi connectivity index (χ0n) is 12.8. The molecule has 0 amide bonds. The van der Waals surface area contributed by atoms with Crippen LogP contribution in [0.4, 0.5) is 0 Å². The number of hydrogen-bond acceptors (Lipinski definition) is 4. The molecule has 1 aromatic rings. The number of piperidine rings is 1. The smallest absolute Gasteiger partial charge is 0.127 e. The van der Waals surface area contributed by atoms with Gasteiger partial charge in [-0.3, -0.25) is 4.90 Å². The molecule has 0 saturated carbocycles. The minimum atomic E-state index is 0.221. The highest BCUT2D eigenvalue weighted by atomic mass is 16.5. The first-order valence-electron chi connectivity index (χ1n) is 7.35. The minimum absolute atomic E-state index is 0.221. The number of rotatable bonds is 5. The highest BCUT2D eigenvalue weighted by Gasteiger charge is 2.26. The van der Waals surface area contributed by atoms with Crippen molar-refractivity contribution in [2.45, 2.75) is 25.8 Å². The lowest BCUT2D eigenvalue weighted by Gasteiger charge is -2.37. The van der Waals surface area contributed by atoms with Crippen molar-refractivity contribution in [2.24, 2.45) is 11.7 Å². The summed E-state index contributed by atoms with van der Waals surface area (Å²) < 4.78 is 10.8. The maximum atomic E-state index is 6.05. The van der Waals surface area contributed by atoms with E-state index in [4.69, 9.17) is 15.2 Å². The van der Waals surface area contributed by atoms with Crippen LogP contribution in [0.15, 0.2) is 18.2 Å². The van der Waals surface area contributed by atoms with Crippen LogP contribution in [0.1, 0.15) is 31.4 Å². The van der Waals surface area contributed by atoms with Crippen molar-refractivity contribution >= 4 is 0 Å². The van der Waals surface area contributed by atoms with Gasteiger partial charge in [0.25, 0.3) is 0 Å². The van der Waals surface area contributed by atoms with E-state index in [9.17, 15) is 0 Å². The molecular weight excluding hydrogens is 252 g/mol. The molecular formula is C16H26N2O2. The normalized spacial score (nSPS) is 21.5. The molecule has 1 saturated heterocycles. The Morgan fingerprint density at radius 1 is 1.35 bits per heavy atom. The molecule has 112 valence electrons. The lowest BCUT2D eigenvalue weighted by Crippen LogP contribution is -2.40. The van der Waals surface area contributed by atoms with Gasteiger partial charge >= 0.3 is 0 Å². The van der Waals surface area contributed by atoms with E-state index in [1.807, 2.05) is 12.1 Å². The predicted octanol–water partition coefficient (Wildman–Crippen LogP) is 2.44. The van der Waals surface area contributed by atoms with E-state index < -0.39 is 0 Å². The fraction of sp³-hybridized carbons (Fsp3) is 0.625. The predicted molar refractivity (Wildman–Crippen MR) is 81.3 cm³/mol. The fourth-order valence-electron chi connectivity index (χ4n) is 3.08. The molecule has 1 heterocycles. The van der Waals surface area contributed by atoms with Crippen molar-refractivity contribution in [3.8, 4) is 11.5 Å². The van der Waals surface area contributed by atoms with Crippen LogP contribution < -0.4 is 15.2 Å². The molecule has 2 unspecified atom stereocenters. The summed E-state index contributed by atoms with van der Waals surface area (Å²) in [6, 6.07) is 6.21. The molecule has 1 aromatic carbocycles. The molecule has 0 aromatic heterocycles. The molecule has 4 nitrogen and oxygen atoms in total. The van der Waals surface area contributed by atoms with Gasteiger partial charge in [-0.25, -0.2) is 0 Å². The largest absolute Gasteiger partial charge is 0.497 e. The topological polar surface area (TPSA) is 47.7 Å². The molecule has 1 aliphatic heterocycles. The van der Waals surface area contributed by atoms with E-state index in [1.54, 1.807) is 14.2 Å². The van der Waals surface area contributed by atoms with Gasteiger partial charge in [0.2, 0.25) is 0 Å². The molecule has 1 fully saturated rings. The van der Waals surface area contributed by atoms with E-state index in [2.05, 4.69) is 17.9 Å². The SMILES string of the molecule is COc1ccc(C(CN)N2CCCC(C)C2)c(OC)c1. The third kappa shape index (κ3) is 3.25. The maximum absolute atomic E-state index is 6.05. The summed E-state index contributed by atoms with van der Waals surface area (Å²) in [5, 5.41) is 0. The summed E-state index contributed by atoms with van der Waals surface area (Å²) in [6.07, 6.45) is 2.56. The number of methoxy groups -OCH3 is 2. The number of ether oxygens (including phenoxy) is 2. The standard InChI is InChI=1S/C16H26N2O2/c1-12-5-4-8-18(11-12)15(10-17)14-7-6-13(19-2)9-16(14)20-3/h6-7,9,12,15H,4-5,8,10-11,17H2,1-3H3. The molecule has 1 aliphatic rings. The van der Waals surface area contributed by atoms with Crippen molar-refractivity contribution in [2.75, 3.05) is 33.9 Å². The van der Waals surface area contributed by atoms with Gasteiger partial charge in [0.1, 0.15) is 11.5 Å². The summed E-state index contributed by atoms with van der Waals surface area (Å²) >= 11 is 0. The van der Waals surface area contributed by atoms with Crippen LogP contribution in [-0.2, 0) is 0 Å². The summed E-state index contributed by atoms with van der Waals surface area (Å²) in [6.45, 7) is 5.14. The average molecular weight is 278 g/mol. The summed E-state index contributed by atoms with van der Waals surface area (Å²) in [5.74, 6) is 2.41. The van der Waals surface area contributed by atoms with Crippen molar-refractivity contribution in [1.82, 2.24) is 4.90 Å². The minimum Gasteiger partial charge on any atom is -0.497 e. The molecule has 20 heavy (non-hydrogen) atoms. The summed E-state index contributed by atoms with van der Waals surface area (Å²) in [5.41, 5.74) is 7.20. The quantitative estimate of drug-likeness (QED) is 0.898. The van der Waals surface area contributed by atoms with Gasteiger partial charge in [-0.15, -0.1) is 0 Å². The Labute approximate surface area is 121 Å². The lowest BCUT2D eigenvalue weighted by molar-refractivity contribution is 0.131. The van der Waals surface area contributed by atoms with Gasteiger partial charge in [0, 0.05) is 24.7 Å². The monoisotopic (exact) mass is 278 g/mol. The highest BCUT2D eigenvalue weighted by Crippen LogP contribution is 2.34. The maximum Gasteiger partial charge on any atom is 0.127 e. The van der Waals surface area contributed by atoms with E-state index in [0.717, 1.165) is 36.1 Å². The van der Waals surface area contributed by atoms with Crippen LogP contribution in [0.2, 0.25) is 0 Å². The second-order valence-electron chi connectivity index (χ2n) is 5.60. The Hall–Kier alpha value is -1.26. The van der Waals surface area contributed by atoms with Gasteiger partial charge in [-0.1, -0.05) is 13.0 Å². The number of hydrogen-bond donors (Lipinski definition) is 1. The molecule has 2 rings (SSSR count). The molecule has 0 radical (unpaired) electrons. The molecule has 2 atom stereocenters. The number of nitrogens with two attached hydrogens (primary N) is 1. The molecule has 4 heteroatoms. The third-order valence-electron chi connectivity index (χ3n) is 4.15. The van der Waals surface area contributed by atoms with Crippen LogP contribution >= 0.6 is 0 Å². The van der Waals surface area contributed by atoms with Crippen molar-refractivity contribution < 1.29 is 9.47 Å². The van der Waals surface area contributed by atoms with Crippen molar-refractivity contribution in [1.29, 1.82) is 0 Å². The third-order valence-corrected chi connectivity index (χ3v) is 4.15. The molecule has 0 spiro atoms. The van der Waals surface area contributed by atoms with Crippen LogP contribution in [-0.4, -0.2) is 38.8 Å². The van der Waals surface area contributed by atoms with Crippen LogP contribution in [0.3, 0.4) is 0 Å². The number of likely N-dealkylation sites (tertiary alicyclic amines) is 1. The van der Waals surface area contributed by atoms with E-state index in [1.165, 1.54) is 12.8 Å². The average Bonchev–Trinajstić information content (AvgIpc) is 2.48. The molecule has 0 bridgehead atoms. The second-order valence-corrected chi connectivity index (χ2v) is 5.60. The van der Waals surface area contributed by atoms with Gasteiger partial charge < -0.3 is 15.2 Å². The Morgan fingerprint density at radius 2 is 2.15 bits per heavy atom. The highest BCUT2D eigenvalue weighted by molar-refractivity contribution is 5.42. The summed E-state index contributed by atoms with van der Waals surface area (Å²) in [7, 11) is 3.37. The van der Waals surface area contributed by atoms with Crippen molar-refractivity contribution in [3.05, 3.63) is 23.8 Å². The van der Waals surface area contributed by atoms with E-state index in [0.29, 0.717) is 6.54 Å². The van der Waals surface area contributed by atoms with Crippen LogP contribution in [0.25, 0.3) is 0 Å². The Balaban J connectivity index is 2.26. The number of nitrogens with zero attached hydrogens (tertiary/aromatic N) is 1. The Bertz CT molecular complexity index is 436. The van der Waals surface area contributed by atoms with Gasteiger partial charge in [0.05, 0.1) is 20.3 Å². The van der Waals surface area contributed by atoms with Gasteiger partial charge in [-0.05, 0) is 31.4 Å². The lowest BCUT2D eigenvalue weighted by atomic mass is 9.95. The summed E-state index contributed by atoms with van der Waals surface area (Å²) in [4.78, 5) is 2.48. The van der Waals surface area contributed by atoms with Crippen molar-refractivity contribution in [3.63, 3.8) is 0 Å². The zero-order chi connectivity index (χ0) is 14.5. The van der Waals surface area contributed by atoms with Crippen LogP contribution in [0, 0.1) is 5.92 Å². The van der Waals surface area contributed by atoms with Gasteiger partial charge in [0.15, 0.2) is 0 Å². The Morgan fingerprint density at radius 3 is 2.75 bits per heavy atom. The first-order chi connectivity index (χ1) is 9.69. The zero-order valence-corrected chi connectivity index (χ0v) is 12.8. The Kier molecular flexibility index (Phi) is 5.26. The van der Waals surface area contributed by atoms with E-state index >= 15 is 0 Å². The second kappa shape index (κ2) is 6.95. The first kappa shape index (κ1) is 15.1. The van der Waals surface area contributed by atoms with Gasteiger partial charge in [-0.2, -0.15) is 0 Å². The molecule has 2 N–H and O–H groups in total. The van der Waals surface area contributed by atoms with Crippen LogP contribution in [0.5, 0.6) is 11.5 Å². The fourth-order valence-corrected chi connectivity index (χ4v) is 3.08. The first-order valence-corrected chi connectivity index (χ1v) is 7.35. The van der Waals surface area contributed by atoms with E-state index in [-0.39, 0.29) is 6.04 Å². The molecule has 0 aliphatic carbocycles. The number of benzene rings is 1.